The highest BCUT2D eigenvalue weighted by atomic mass is 35.5. The summed E-state index contributed by atoms with van der Waals surface area (Å²) < 4.78 is 91.9. The van der Waals surface area contributed by atoms with Crippen molar-refractivity contribution in [1.29, 1.82) is 0 Å². The Kier molecular flexibility index (Phi) is 8.83. The van der Waals surface area contributed by atoms with Crippen molar-refractivity contribution in [3.05, 3.63) is 112 Å². The fourth-order valence-electron chi connectivity index (χ4n) is 6.39. The van der Waals surface area contributed by atoms with E-state index in [0.29, 0.717) is 23.4 Å². The van der Waals surface area contributed by atoms with E-state index in [0.717, 1.165) is 35.2 Å². The second-order valence-electron chi connectivity index (χ2n) is 12.6. The number of cyclic esters (lactones) is 1. The highest BCUT2D eigenvalue weighted by Gasteiger charge is 2.44. The number of aromatic nitrogens is 1. The first-order valence-electron chi connectivity index (χ1n) is 15.5. The van der Waals surface area contributed by atoms with Gasteiger partial charge in [-0.15, -0.1) is 0 Å². The molecule has 1 amide bonds. The van der Waals surface area contributed by atoms with Crippen molar-refractivity contribution in [3.8, 4) is 11.1 Å². The number of nitrogens with zero attached hydrogens (tertiary/aromatic N) is 2. The summed E-state index contributed by atoms with van der Waals surface area (Å²) >= 11 is 6.49. The highest BCUT2D eigenvalue weighted by molar-refractivity contribution is 6.37. The first kappa shape index (κ1) is 34.5. The van der Waals surface area contributed by atoms with Gasteiger partial charge in [0, 0.05) is 23.1 Å². The molecular formula is C36H31ClF6N2O4. The van der Waals surface area contributed by atoms with Gasteiger partial charge in [0.15, 0.2) is 4.87 Å². The predicted molar refractivity (Wildman–Crippen MR) is 169 cm³/mol. The smallest absolute Gasteiger partial charge is 0.416 e. The van der Waals surface area contributed by atoms with Gasteiger partial charge in [0.05, 0.1) is 36.5 Å². The minimum absolute atomic E-state index is 0.0436. The van der Waals surface area contributed by atoms with Gasteiger partial charge in [-0.05, 0) is 73.7 Å². The summed E-state index contributed by atoms with van der Waals surface area (Å²) in [7, 11) is 1.26. The summed E-state index contributed by atoms with van der Waals surface area (Å²) in [6, 6.07) is 11.7. The van der Waals surface area contributed by atoms with Gasteiger partial charge in [-0.2, -0.15) is 26.3 Å². The molecule has 1 aliphatic heterocycles. The molecule has 3 aromatic rings. The third-order valence-corrected chi connectivity index (χ3v) is 9.55. The van der Waals surface area contributed by atoms with E-state index < -0.39 is 58.1 Å². The molecule has 3 aliphatic rings. The molecule has 49 heavy (non-hydrogen) atoms. The maximum absolute atomic E-state index is 13.6. The standard InChI is InChI=1S/C36H31ClF6N2O4/c1-19-17-34(37,32(46)48-3)12-11-27(19)22-5-4-6-23(13-22)28-9-10-29(21-7-8-21)44-30(28)18-45-20(2)31(49-33(45)47)24-14-25(35(38,39)40)16-26(15-24)36(41,42)43/h4-6,9-17,20-21,27,31H,7-8,18H2,1-3H3/t20-,27?,31-,34?/m0/s1. The van der Waals surface area contributed by atoms with Gasteiger partial charge in [0.1, 0.15) is 6.10 Å². The number of benzene rings is 2. The average molecular weight is 705 g/mol. The Morgan fingerprint density at radius 3 is 2.29 bits per heavy atom. The van der Waals surface area contributed by atoms with Crippen LogP contribution in [0, 0.1) is 0 Å². The molecule has 2 aliphatic carbocycles. The summed E-state index contributed by atoms with van der Waals surface area (Å²) in [6.07, 6.45) is -5.40. The number of halogens is 7. The van der Waals surface area contributed by atoms with Gasteiger partial charge in [-0.1, -0.05) is 59.7 Å². The van der Waals surface area contributed by atoms with Gasteiger partial charge in [0.2, 0.25) is 0 Å². The summed E-state index contributed by atoms with van der Waals surface area (Å²) in [5, 5.41) is 0. The molecule has 13 heteroatoms. The number of carbonyl (C=O) groups is 2. The zero-order valence-electron chi connectivity index (χ0n) is 26.5. The van der Waals surface area contributed by atoms with E-state index in [2.05, 4.69) is 0 Å². The Hall–Kier alpha value is -4.32. The molecule has 0 N–H and O–H groups in total. The van der Waals surface area contributed by atoms with E-state index >= 15 is 0 Å². The molecule has 1 saturated carbocycles. The van der Waals surface area contributed by atoms with Crippen LogP contribution >= 0.6 is 11.6 Å². The van der Waals surface area contributed by atoms with Crippen LogP contribution in [0.1, 0.15) is 78.3 Å². The van der Waals surface area contributed by atoms with Crippen LogP contribution in [0.4, 0.5) is 31.1 Å². The number of ether oxygens (including phenoxy) is 2. The number of rotatable bonds is 7. The quantitative estimate of drug-likeness (QED) is 0.106. The van der Waals surface area contributed by atoms with Crippen molar-refractivity contribution >= 4 is 23.7 Å². The van der Waals surface area contributed by atoms with Gasteiger partial charge in [-0.3, -0.25) is 9.88 Å². The van der Waals surface area contributed by atoms with Crippen LogP contribution in [0.25, 0.3) is 11.1 Å². The van der Waals surface area contributed by atoms with Crippen LogP contribution in [0.5, 0.6) is 0 Å². The number of alkyl halides is 7. The molecule has 6 rings (SSSR count). The second kappa shape index (κ2) is 12.5. The van der Waals surface area contributed by atoms with E-state index in [4.69, 9.17) is 26.1 Å². The molecule has 258 valence electrons. The zero-order chi connectivity index (χ0) is 35.5. The van der Waals surface area contributed by atoms with Crippen molar-refractivity contribution in [1.82, 2.24) is 9.88 Å². The number of hydrogen-bond acceptors (Lipinski definition) is 5. The molecule has 1 saturated heterocycles. The third-order valence-electron chi connectivity index (χ3n) is 9.16. The molecule has 0 spiro atoms. The second-order valence-corrected chi connectivity index (χ2v) is 13.3. The van der Waals surface area contributed by atoms with Crippen molar-refractivity contribution in [3.63, 3.8) is 0 Å². The van der Waals surface area contributed by atoms with E-state index in [1.807, 2.05) is 49.4 Å². The predicted octanol–water partition coefficient (Wildman–Crippen LogP) is 9.50. The lowest BCUT2D eigenvalue weighted by Gasteiger charge is -2.26. The minimum Gasteiger partial charge on any atom is -0.467 e. The molecule has 1 aromatic heterocycles. The lowest BCUT2D eigenvalue weighted by atomic mass is 9.83. The molecule has 2 unspecified atom stereocenters. The first-order valence-corrected chi connectivity index (χ1v) is 15.9. The fourth-order valence-corrected chi connectivity index (χ4v) is 6.71. The third kappa shape index (κ3) is 6.92. The van der Waals surface area contributed by atoms with Gasteiger partial charge < -0.3 is 9.47 Å². The summed E-state index contributed by atoms with van der Waals surface area (Å²) in [5.74, 6) is -0.553. The minimum atomic E-state index is -5.05. The monoisotopic (exact) mass is 704 g/mol. The van der Waals surface area contributed by atoms with Crippen molar-refractivity contribution in [2.45, 2.75) is 74.4 Å². The lowest BCUT2D eigenvalue weighted by Crippen LogP contribution is -2.32. The number of pyridine rings is 1. The van der Waals surface area contributed by atoms with Crippen LogP contribution in [0.2, 0.25) is 0 Å². The van der Waals surface area contributed by atoms with Crippen LogP contribution < -0.4 is 0 Å². The van der Waals surface area contributed by atoms with E-state index in [1.54, 1.807) is 12.2 Å². The van der Waals surface area contributed by atoms with Gasteiger partial charge >= 0.3 is 24.4 Å². The molecule has 2 aromatic carbocycles. The lowest BCUT2D eigenvalue weighted by molar-refractivity contribution is -0.143. The number of esters is 1. The first-order chi connectivity index (χ1) is 23.0. The number of carbonyl (C=O) groups excluding carboxylic acids is 2. The van der Waals surface area contributed by atoms with Crippen LogP contribution in [-0.4, -0.2) is 40.0 Å². The molecule has 4 atom stereocenters. The molecule has 0 bridgehead atoms. The van der Waals surface area contributed by atoms with Crippen molar-refractivity contribution in [2.75, 3.05) is 7.11 Å². The number of methoxy groups -OCH3 is 1. The molecular weight excluding hydrogens is 674 g/mol. The fraction of sp³-hybridized carbons (Fsp3) is 0.361. The molecule has 2 heterocycles. The molecule has 0 radical (unpaired) electrons. The van der Waals surface area contributed by atoms with Crippen LogP contribution in [0.3, 0.4) is 0 Å². The zero-order valence-corrected chi connectivity index (χ0v) is 27.3. The average Bonchev–Trinajstić information content (AvgIpc) is 3.86. The van der Waals surface area contributed by atoms with Crippen LogP contribution in [0.15, 0.2) is 78.4 Å². The summed E-state index contributed by atoms with van der Waals surface area (Å²) in [6.45, 7) is 3.28. The maximum Gasteiger partial charge on any atom is 0.416 e. The van der Waals surface area contributed by atoms with Crippen LogP contribution in [-0.2, 0) is 33.2 Å². The van der Waals surface area contributed by atoms with Gasteiger partial charge in [-0.25, -0.2) is 9.59 Å². The van der Waals surface area contributed by atoms with Gasteiger partial charge in [0.25, 0.3) is 0 Å². The maximum atomic E-state index is 13.6. The number of hydrogen-bond donors (Lipinski definition) is 0. The Bertz CT molecular complexity index is 1840. The molecule has 6 nitrogen and oxygen atoms in total. The van der Waals surface area contributed by atoms with E-state index in [-0.39, 0.29) is 24.4 Å². The topological polar surface area (TPSA) is 68.7 Å². The summed E-state index contributed by atoms with van der Waals surface area (Å²) in [5.41, 5.74) is 1.12. The van der Waals surface area contributed by atoms with Crippen molar-refractivity contribution < 1.29 is 45.4 Å². The molecule has 2 fully saturated rings. The highest BCUT2D eigenvalue weighted by Crippen LogP contribution is 2.44. The van der Waals surface area contributed by atoms with Crippen molar-refractivity contribution in [2.24, 2.45) is 0 Å². The Morgan fingerprint density at radius 1 is 1.02 bits per heavy atom. The summed E-state index contributed by atoms with van der Waals surface area (Å²) in [4.78, 5) is 30.2. The van der Waals surface area contributed by atoms with E-state index in [1.165, 1.54) is 18.9 Å². The Morgan fingerprint density at radius 2 is 1.69 bits per heavy atom. The number of allylic oxidation sites excluding steroid dienone is 2. The number of amides is 1. The largest absolute Gasteiger partial charge is 0.467 e. The Balaban J connectivity index is 1.33. The Labute approximate surface area is 283 Å². The SMILES string of the molecule is COC(=O)C1(Cl)C=CC(c2cccc(-c3ccc(C4CC4)nc3CN3C(=O)O[C@H](c4cc(C(F)(F)F)cc(C(F)(F)F)c4)[C@@H]3C)c2)C(C)=C1. The van der Waals surface area contributed by atoms with E-state index in [9.17, 15) is 35.9 Å². The normalized spacial score (nSPS) is 24.1.